The smallest absolute Gasteiger partial charge is 0.265 e. The number of likely N-dealkylation sites (N-methyl/N-ethyl adjacent to an activating group) is 1. The average Bonchev–Trinajstić information content (AvgIpc) is 2.71. The molecule has 0 amide bonds. The molecule has 4 rings (SSSR count). The fourth-order valence-electron chi connectivity index (χ4n) is 3.40. The van der Waals surface area contributed by atoms with E-state index in [2.05, 4.69) is 0 Å². The monoisotopic (exact) mass is 443 g/mol. The first-order chi connectivity index (χ1) is 14.0. The van der Waals surface area contributed by atoms with E-state index in [1.54, 1.807) is 18.2 Å². The molecule has 3 aromatic rings. The third kappa shape index (κ3) is 3.06. The van der Waals surface area contributed by atoms with Crippen molar-refractivity contribution in [2.24, 2.45) is 0 Å². The van der Waals surface area contributed by atoms with E-state index in [0.717, 1.165) is 36.2 Å². The van der Waals surface area contributed by atoms with Gasteiger partial charge in [0.05, 0.1) is 4.90 Å². The zero-order valence-corrected chi connectivity index (χ0v) is 17.7. The molecule has 1 heterocycles. The van der Waals surface area contributed by atoms with Crippen LogP contribution in [0.3, 0.4) is 0 Å². The molecule has 1 aliphatic rings. The highest BCUT2D eigenvalue weighted by Gasteiger charge is 2.40. The first-order valence-corrected chi connectivity index (χ1v) is 12.1. The number of ketones is 1. The standard InChI is InChI=1S/C21H17NO6S2/c1-22-19(20(23)15-8-7-13-5-3-4-6-14(13)11-15)21(24)17-10-9-16(29(2,25)26)12-18(17)30(22,27)28/h3-12,23H,1-2H3. The Bertz CT molecular complexity index is 1470. The van der Waals surface area contributed by atoms with Gasteiger partial charge in [-0.15, -0.1) is 0 Å². The van der Waals surface area contributed by atoms with Crippen molar-refractivity contribution in [3.8, 4) is 0 Å². The molecule has 0 aliphatic carbocycles. The highest BCUT2D eigenvalue weighted by molar-refractivity contribution is 7.91. The minimum Gasteiger partial charge on any atom is -0.505 e. The Morgan fingerprint density at radius 3 is 2.30 bits per heavy atom. The predicted octanol–water partition coefficient (Wildman–Crippen LogP) is 2.99. The molecule has 0 saturated heterocycles. The van der Waals surface area contributed by atoms with E-state index < -0.39 is 42.0 Å². The van der Waals surface area contributed by atoms with Crippen molar-refractivity contribution in [2.75, 3.05) is 13.3 Å². The number of fused-ring (bicyclic) bond motifs is 2. The summed E-state index contributed by atoms with van der Waals surface area (Å²) in [5, 5.41) is 12.6. The van der Waals surface area contributed by atoms with E-state index in [0.29, 0.717) is 4.31 Å². The topological polar surface area (TPSA) is 109 Å². The number of sulfone groups is 1. The molecule has 0 radical (unpaired) electrons. The summed E-state index contributed by atoms with van der Waals surface area (Å²) in [6.45, 7) is 0. The molecular formula is C21H17NO6S2. The number of carbonyl (C=O) groups is 1. The van der Waals surface area contributed by atoms with Gasteiger partial charge in [0.2, 0.25) is 5.78 Å². The van der Waals surface area contributed by atoms with Crippen LogP contribution in [-0.4, -0.2) is 45.3 Å². The Morgan fingerprint density at radius 2 is 1.63 bits per heavy atom. The molecule has 0 atom stereocenters. The average molecular weight is 444 g/mol. The lowest BCUT2D eigenvalue weighted by Gasteiger charge is -2.29. The number of hydrogen-bond donors (Lipinski definition) is 1. The SMILES string of the molecule is CN1C(=C(O)c2ccc3ccccc3c2)C(=O)c2ccc(S(C)(=O)=O)cc2S1(=O)=O. The molecule has 7 nitrogen and oxygen atoms in total. The second kappa shape index (κ2) is 6.68. The summed E-state index contributed by atoms with van der Waals surface area (Å²) in [5.74, 6) is -1.19. The van der Waals surface area contributed by atoms with Crippen LogP contribution in [0, 0.1) is 0 Å². The summed E-state index contributed by atoms with van der Waals surface area (Å²) in [7, 11) is -6.77. The summed E-state index contributed by atoms with van der Waals surface area (Å²) in [6.07, 6.45) is 0.951. The van der Waals surface area contributed by atoms with Gasteiger partial charge < -0.3 is 5.11 Å². The van der Waals surface area contributed by atoms with Crippen LogP contribution in [0.15, 0.2) is 76.2 Å². The van der Waals surface area contributed by atoms with Crippen LogP contribution in [0.4, 0.5) is 0 Å². The van der Waals surface area contributed by atoms with Gasteiger partial charge in [-0.25, -0.2) is 16.8 Å². The van der Waals surface area contributed by atoms with Crippen molar-refractivity contribution < 1.29 is 26.7 Å². The fraction of sp³-hybridized carbons (Fsp3) is 0.0952. The van der Waals surface area contributed by atoms with Crippen molar-refractivity contribution in [2.45, 2.75) is 9.79 Å². The number of nitrogens with zero attached hydrogens (tertiary/aromatic N) is 1. The maximum absolute atomic E-state index is 13.1. The van der Waals surface area contributed by atoms with Crippen molar-refractivity contribution in [1.82, 2.24) is 4.31 Å². The van der Waals surface area contributed by atoms with Gasteiger partial charge in [-0.2, -0.15) is 0 Å². The molecule has 1 N–H and O–H groups in total. The van der Waals surface area contributed by atoms with Crippen molar-refractivity contribution in [3.63, 3.8) is 0 Å². The van der Waals surface area contributed by atoms with Crippen LogP contribution >= 0.6 is 0 Å². The predicted molar refractivity (Wildman–Crippen MR) is 112 cm³/mol. The van der Waals surface area contributed by atoms with Crippen LogP contribution in [0.25, 0.3) is 16.5 Å². The zero-order valence-electron chi connectivity index (χ0n) is 16.0. The Morgan fingerprint density at radius 1 is 0.967 bits per heavy atom. The molecule has 154 valence electrons. The molecule has 3 aromatic carbocycles. The molecule has 0 aromatic heterocycles. The van der Waals surface area contributed by atoms with Crippen molar-refractivity contribution >= 4 is 42.2 Å². The van der Waals surface area contributed by atoms with Crippen LogP contribution in [0.1, 0.15) is 15.9 Å². The highest BCUT2D eigenvalue weighted by atomic mass is 32.2. The Labute approximate surface area is 173 Å². The molecule has 30 heavy (non-hydrogen) atoms. The first kappa shape index (κ1) is 20.1. The molecule has 0 bridgehead atoms. The normalized spacial score (nSPS) is 17.7. The second-order valence-electron chi connectivity index (χ2n) is 6.99. The van der Waals surface area contributed by atoms with Crippen LogP contribution < -0.4 is 0 Å². The van der Waals surface area contributed by atoms with Crippen molar-refractivity contribution in [1.29, 1.82) is 0 Å². The number of hydrogen-bond acceptors (Lipinski definition) is 6. The Balaban J connectivity index is 1.95. The van der Waals surface area contributed by atoms with Crippen LogP contribution in [0.2, 0.25) is 0 Å². The lowest BCUT2D eigenvalue weighted by Crippen LogP contribution is -2.37. The number of Topliss-reactive ketones (excluding diaryl/α,β-unsaturated/α-hetero) is 1. The first-order valence-electron chi connectivity index (χ1n) is 8.82. The maximum atomic E-state index is 13.1. The maximum Gasteiger partial charge on any atom is 0.265 e. The number of allylic oxidation sites excluding steroid dienone is 1. The van der Waals surface area contributed by atoms with Gasteiger partial charge in [-0.3, -0.25) is 9.10 Å². The molecular weight excluding hydrogens is 426 g/mol. The van der Waals surface area contributed by atoms with Gasteiger partial charge >= 0.3 is 0 Å². The van der Waals surface area contributed by atoms with Gasteiger partial charge in [0.15, 0.2) is 15.6 Å². The number of aliphatic hydroxyl groups excluding tert-OH is 1. The van der Waals surface area contributed by atoms with E-state index in [4.69, 9.17) is 0 Å². The summed E-state index contributed by atoms with van der Waals surface area (Å²) in [6, 6.07) is 15.7. The van der Waals surface area contributed by atoms with Gasteiger partial charge in [0.1, 0.15) is 10.6 Å². The van der Waals surface area contributed by atoms with E-state index in [9.17, 15) is 26.7 Å². The highest BCUT2D eigenvalue weighted by Crippen LogP contribution is 2.35. The second-order valence-corrected chi connectivity index (χ2v) is 10.9. The summed E-state index contributed by atoms with van der Waals surface area (Å²) < 4.78 is 50.4. The molecule has 1 aliphatic heterocycles. The largest absolute Gasteiger partial charge is 0.505 e. The van der Waals surface area contributed by atoms with Crippen molar-refractivity contribution in [3.05, 3.63) is 77.5 Å². The minimum atomic E-state index is -4.25. The lowest BCUT2D eigenvalue weighted by atomic mass is 10.0. The van der Waals surface area contributed by atoms with E-state index in [1.807, 2.05) is 24.3 Å². The van der Waals surface area contributed by atoms with E-state index in [-0.39, 0.29) is 16.0 Å². The fourth-order valence-corrected chi connectivity index (χ4v) is 5.54. The Hall–Kier alpha value is -3.17. The summed E-state index contributed by atoms with van der Waals surface area (Å²) in [4.78, 5) is 12.5. The summed E-state index contributed by atoms with van der Waals surface area (Å²) in [5.41, 5.74) is -0.303. The van der Waals surface area contributed by atoms with Gasteiger partial charge in [-0.05, 0) is 35.0 Å². The number of benzene rings is 3. The number of aliphatic hydroxyl groups is 1. The molecule has 9 heteroatoms. The molecule has 0 spiro atoms. The van der Waals surface area contributed by atoms with Gasteiger partial charge in [0.25, 0.3) is 10.0 Å². The van der Waals surface area contributed by atoms with E-state index >= 15 is 0 Å². The molecule has 0 unspecified atom stereocenters. The van der Waals surface area contributed by atoms with Gasteiger partial charge in [-0.1, -0.05) is 36.4 Å². The number of sulfonamides is 1. The van der Waals surface area contributed by atoms with Crippen LogP contribution in [-0.2, 0) is 19.9 Å². The molecule has 0 fully saturated rings. The summed E-state index contributed by atoms with van der Waals surface area (Å²) >= 11 is 0. The Kier molecular flexibility index (Phi) is 4.48. The third-order valence-corrected chi connectivity index (χ3v) is 7.95. The van der Waals surface area contributed by atoms with Crippen LogP contribution in [0.5, 0.6) is 0 Å². The lowest BCUT2D eigenvalue weighted by molar-refractivity contribution is 0.100. The third-order valence-electron chi connectivity index (χ3n) is 5.04. The zero-order chi connectivity index (χ0) is 21.8. The minimum absolute atomic E-state index is 0.192. The number of rotatable bonds is 2. The van der Waals surface area contributed by atoms with Gasteiger partial charge in [0, 0.05) is 24.4 Å². The number of carbonyl (C=O) groups excluding carboxylic acids is 1. The molecule has 0 saturated carbocycles. The quantitative estimate of drug-likeness (QED) is 0.482. The van der Waals surface area contributed by atoms with E-state index in [1.165, 1.54) is 6.07 Å².